The standard InChI is InChI=1S/C26H30N2O5/c1-18(12-13-25(30)31)14-16-27-24(29)11-6-15-28-26(32)33-17-23-21-9-4-2-7-19(21)20-8-3-5-10-22(20)23/h2-11,18,23H,12-17H2,1H3,(H,27,29)(H,28,32)(H,30,31)/b11-6+. The lowest BCUT2D eigenvalue weighted by Gasteiger charge is -2.14. The number of ether oxygens (including phenoxy) is 1. The van der Waals surface area contributed by atoms with Gasteiger partial charge in [-0.1, -0.05) is 61.5 Å². The normalized spacial score (nSPS) is 13.2. The molecule has 3 rings (SSSR count). The number of rotatable bonds is 11. The predicted octanol–water partition coefficient (Wildman–Crippen LogP) is 4.09. The van der Waals surface area contributed by atoms with Crippen molar-refractivity contribution in [3.8, 4) is 11.1 Å². The minimum absolute atomic E-state index is 0.00219. The molecule has 1 atom stereocenters. The number of carbonyl (C=O) groups is 3. The lowest BCUT2D eigenvalue weighted by Crippen LogP contribution is -2.27. The predicted molar refractivity (Wildman–Crippen MR) is 126 cm³/mol. The number of benzene rings is 2. The first kappa shape index (κ1) is 24.0. The van der Waals surface area contributed by atoms with Gasteiger partial charge in [-0.25, -0.2) is 4.79 Å². The van der Waals surface area contributed by atoms with Crippen LogP contribution in [0, 0.1) is 5.92 Å². The molecule has 7 heteroatoms. The van der Waals surface area contributed by atoms with Gasteiger partial charge in [0.15, 0.2) is 0 Å². The van der Waals surface area contributed by atoms with Gasteiger partial charge in [-0.15, -0.1) is 0 Å². The lowest BCUT2D eigenvalue weighted by molar-refractivity contribution is -0.137. The summed E-state index contributed by atoms with van der Waals surface area (Å²) in [6.07, 6.45) is 3.83. The second-order valence-corrected chi connectivity index (χ2v) is 8.23. The molecule has 33 heavy (non-hydrogen) atoms. The molecule has 0 spiro atoms. The highest BCUT2D eigenvalue weighted by Gasteiger charge is 2.28. The van der Waals surface area contributed by atoms with E-state index in [1.54, 1.807) is 6.08 Å². The number of hydrogen-bond donors (Lipinski definition) is 3. The maximum Gasteiger partial charge on any atom is 0.407 e. The maximum atomic E-state index is 12.1. The number of carbonyl (C=O) groups excluding carboxylic acids is 2. The second kappa shape index (κ2) is 11.9. The molecular weight excluding hydrogens is 420 g/mol. The second-order valence-electron chi connectivity index (χ2n) is 8.23. The third-order valence-corrected chi connectivity index (χ3v) is 5.76. The minimum Gasteiger partial charge on any atom is -0.481 e. The first-order valence-corrected chi connectivity index (χ1v) is 11.2. The third-order valence-electron chi connectivity index (χ3n) is 5.76. The summed E-state index contributed by atoms with van der Waals surface area (Å²) in [6, 6.07) is 16.3. The van der Waals surface area contributed by atoms with E-state index in [0.717, 1.165) is 11.1 Å². The molecule has 0 saturated heterocycles. The van der Waals surface area contributed by atoms with Crippen LogP contribution in [0.5, 0.6) is 0 Å². The summed E-state index contributed by atoms with van der Waals surface area (Å²) in [5, 5.41) is 14.1. The molecule has 2 amide bonds. The Morgan fingerprint density at radius 2 is 1.64 bits per heavy atom. The largest absolute Gasteiger partial charge is 0.481 e. The van der Waals surface area contributed by atoms with Gasteiger partial charge in [0, 0.05) is 31.5 Å². The fourth-order valence-corrected chi connectivity index (χ4v) is 3.97. The fraction of sp³-hybridized carbons (Fsp3) is 0.346. The van der Waals surface area contributed by atoms with E-state index in [1.165, 1.54) is 17.2 Å². The molecule has 0 fully saturated rings. The summed E-state index contributed by atoms with van der Waals surface area (Å²) in [5.74, 6) is -0.838. The number of nitrogens with one attached hydrogen (secondary N) is 2. The average Bonchev–Trinajstić information content (AvgIpc) is 3.13. The van der Waals surface area contributed by atoms with E-state index < -0.39 is 12.1 Å². The van der Waals surface area contributed by atoms with Crippen LogP contribution in [-0.4, -0.2) is 42.8 Å². The molecule has 0 bridgehead atoms. The van der Waals surface area contributed by atoms with Gasteiger partial charge in [-0.3, -0.25) is 9.59 Å². The Morgan fingerprint density at radius 1 is 1.00 bits per heavy atom. The molecular formula is C26H30N2O5. The molecule has 2 aromatic rings. The van der Waals surface area contributed by atoms with Crippen molar-refractivity contribution in [2.45, 2.75) is 32.1 Å². The van der Waals surface area contributed by atoms with Gasteiger partial charge in [-0.05, 0) is 41.0 Å². The lowest BCUT2D eigenvalue weighted by atomic mass is 9.98. The maximum absolute atomic E-state index is 12.1. The Bertz CT molecular complexity index is 972. The molecule has 0 aromatic heterocycles. The molecule has 0 heterocycles. The molecule has 1 aliphatic rings. The van der Waals surface area contributed by atoms with E-state index in [9.17, 15) is 14.4 Å². The van der Waals surface area contributed by atoms with Crippen molar-refractivity contribution in [3.05, 3.63) is 71.8 Å². The van der Waals surface area contributed by atoms with Crippen LogP contribution in [0.2, 0.25) is 0 Å². The SMILES string of the molecule is CC(CCNC(=O)/C=C/CNC(=O)OCC1c2ccccc2-c2ccccc21)CCC(=O)O. The number of carboxylic acids is 1. The van der Waals surface area contributed by atoms with Crippen molar-refractivity contribution in [1.82, 2.24) is 10.6 Å². The number of fused-ring (bicyclic) bond motifs is 3. The molecule has 174 valence electrons. The van der Waals surface area contributed by atoms with Gasteiger partial charge in [-0.2, -0.15) is 0 Å². The molecule has 3 N–H and O–H groups in total. The zero-order valence-corrected chi connectivity index (χ0v) is 18.8. The van der Waals surface area contributed by atoms with Crippen molar-refractivity contribution in [2.24, 2.45) is 5.92 Å². The molecule has 0 radical (unpaired) electrons. The highest BCUT2D eigenvalue weighted by molar-refractivity contribution is 5.87. The van der Waals surface area contributed by atoms with E-state index in [2.05, 4.69) is 34.9 Å². The van der Waals surface area contributed by atoms with Gasteiger partial charge < -0.3 is 20.5 Å². The molecule has 0 saturated carbocycles. The summed E-state index contributed by atoms with van der Waals surface area (Å²) in [5.41, 5.74) is 4.65. The van der Waals surface area contributed by atoms with E-state index >= 15 is 0 Å². The highest BCUT2D eigenvalue weighted by Crippen LogP contribution is 2.44. The first-order valence-electron chi connectivity index (χ1n) is 11.2. The summed E-state index contributed by atoms with van der Waals surface area (Å²) >= 11 is 0. The van der Waals surface area contributed by atoms with E-state index in [0.29, 0.717) is 19.4 Å². The van der Waals surface area contributed by atoms with Crippen molar-refractivity contribution in [3.63, 3.8) is 0 Å². The van der Waals surface area contributed by atoms with Gasteiger partial charge >= 0.3 is 12.1 Å². The van der Waals surface area contributed by atoms with Crippen LogP contribution in [0.15, 0.2) is 60.7 Å². The van der Waals surface area contributed by atoms with Crippen molar-refractivity contribution in [2.75, 3.05) is 19.7 Å². The number of aliphatic carboxylic acids is 1. The summed E-state index contributed by atoms with van der Waals surface area (Å²) in [6.45, 7) is 2.86. The van der Waals surface area contributed by atoms with Crippen LogP contribution in [0.25, 0.3) is 11.1 Å². The number of alkyl carbamates (subject to hydrolysis) is 1. The van der Waals surface area contributed by atoms with E-state index in [1.807, 2.05) is 31.2 Å². The van der Waals surface area contributed by atoms with Gasteiger partial charge in [0.25, 0.3) is 0 Å². The van der Waals surface area contributed by atoms with Gasteiger partial charge in [0.1, 0.15) is 6.61 Å². The van der Waals surface area contributed by atoms with E-state index in [4.69, 9.17) is 9.84 Å². The van der Waals surface area contributed by atoms with Crippen LogP contribution in [0.4, 0.5) is 4.79 Å². The number of amides is 2. The van der Waals surface area contributed by atoms with Gasteiger partial charge in [0.2, 0.25) is 5.91 Å². The Labute approximate surface area is 193 Å². The summed E-state index contributed by atoms with van der Waals surface area (Å²) in [4.78, 5) is 34.5. The van der Waals surface area contributed by atoms with Crippen LogP contribution in [0.1, 0.15) is 43.2 Å². The van der Waals surface area contributed by atoms with Crippen LogP contribution >= 0.6 is 0 Å². The molecule has 1 aliphatic carbocycles. The summed E-state index contributed by atoms with van der Waals surface area (Å²) < 4.78 is 5.45. The monoisotopic (exact) mass is 450 g/mol. The average molecular weight is 451 g/mol. The highest BCUT2D eigenvalue weighted by atomic mass is 16.5. The quantitative estimate of drug-likeness (QED) is 0.447. The van der Waals surface area contributed by atoms with Crippen LogP contribution < -0.4 is 10.6 Å². The smallest absolute Gasteiger partial charge is 0.407 e. The molecule has 0 aliphatic heterocycles. The van der Waals surface area contributed by atoms with Gasteiger partial charge in [0.05, 0.1) is 0 Å². The van der Waals surface area contributed by atoms with Crippen molar-refractivity contribution in [1.29, 1.82) is 0 Å². The zero-order valence-electron chi connectivity index (χ0n) is 18.8. The Kier molecular flexibility index (Phi) is 8.63. The summed E-state index contributed by atoms with van der Waals surface area (Å²) in [7, 11) is 0. The topological polar surface area (TPSA) is 105 Å². The molecule has 7 nitrogen and oxygen atoms in total. The number of carboxylic acid groups (broad SMARTS) is 1. The third kappa shape index (κ3) is 6.94. The van der Waals surface area contributed by atoms with Crippen molar-refractivity contribution >= 4 is 18.0 Å². The Hall–Kier alpha value is -3.61. The van der Waals surface area contributed by atoms with Crippen molar-refractivity contribution < 1.29 is 24.2 Å². The fourth-order valence-electron chi connectivity index (χ4n) is 3.97. The minimum atomic E-state index is -0.808. The Morgan fingerprint density at radius 3 is 2.27 bits per heavy atom. The first-order chi connectivity index (χ1) is 16.0. The van der Waals surface area contributed by atoms with Crippen LogP contribution in [0.3, 0.4) is 0 Å². The van der Waals surface area contributed by atoms with E-state index in [-0.39, 0.29) is 37.3 Å². The van der Waals surface area contributed by atoms with Crippen LogP contribution in [-0.2, 0) is 14.3 Å². The molecule has 1 unspecified atom stereocenters. The molecule has 2 aromatic carbocycles. The zero-order chi connectivity index (χ0) is 23.6. The Balaban J connectivity index is 1.36. The number of hydrogen-bond acceptors (Lipinski definition) is 4.